The van der Waals surface area contributed by atoms with Crippen LogP contribution in [-0.4, -0.2) is 21.2 Å². The Balaban J connectivity index is 2.19. The van der Waals surface area contributed by atoms with Crippen LogP contribution in [-0.2, 0) is 0 Å². The molecular weight excluding hydrogens is 160 g/mol. The van der Waals surface area contributed by atoms with Crippen LogP contribution >= 0.6 is 0 Å². The maximum Gasteiger partial charge on any atom is 0.377 e. The summed E-state index contributed by atoms with van der Waals surface area (Å²) < 4.78 is 4.78. The lowest BCUT2D eigenvalue weighted by Gasteiger charge is -1.82. The SMILES string of the molecule is C[C@@H]1C[C@@H]1c1nc(C(=O)O)no1. The molecular formula is C7H8N2O3. The predicted molar refractivity (Wildman–Crippen MR) is 37.8 cm³/mol. The average molecular weight is 168 g/mol. The van der Waals surface area contributed by atoms with Crippen LogP contribution in [0.15, 0.2) is 4.52 Å². The summed E-state index contributed by atoms with van der Waals surface area (Å²) in [4.78, 5) is 14.1. The fraction of sp³-hybridized carbons (Fsp3) is 0.571. The molecule has 5 heteroatoms. The summed E-state index contributed by atoms with van der Waals surface area (Å²) in [6, 6.07) is 0. The Kier molecular flexibility index (Phi) is 1.39. The molecule has 0 bridgehead atoms. The molecule has 0 spiro atoms. The number of aromatic carboxylic acids is 1. The Labute approximate surface area is 68.4 Å². The first kappa shape index (κ1) is 7.27. The lowest BCUT2D eigenvalue weighted by molar-refractivity contribution is 0.0680. The van der Waals surface area contributed by atoms with Crippen LogP contribution in [0.4, 0.5) is 0 Å². The molecule has 1 aromatic heterocycles. The number of carbonyl (C=O) groups is 1. The first-order chi connectivity index (χ1) is 5.68. The van der Waals surface area contributed by atoms with Gasteiger partial charge in [-0.3, -0.25) is 0 Å². The summed E-state index contributed by atoms with van der Waals surface area (Å²) >= 11 is 0. The van der Waals surface area contributed by atoms with E-state index in [1.807, 2.05) is 0 Å². The topological polar surface area (TPSA) is 76.2 Å². The summed E-state index contributed by atoms with van der Waals surface area (Å²) in [7, 11) is 0. The third kappa shape index (κ3) is 1.07. The molecule has 2 rings (SSSR count). The van der Waals surface area contributed by atoms with Gasteiger partial charge in [0.15, 0.2) is 0 Å². The first-order valence-electron chi connectivity index (χ1n) is 3.75. The van der Waals surface area contributed by atoms with Crippen molar-refractivity contribution in [1.29, 1.82) is 0 Å². The monoisotopic (exact) mass is 168 g/mol. The van der Waals surface area contributed by atoms with Crippen LogP contribution < -0.4 is 0 Å². The summed E-state index contributed by atoms with van der Waals surface area (Å²) in [5.41, 5.74) is 0. The van der Waals surface area contributed by atoms with E-state index in [-0.39, 0.29) is 11.7 Å². The van der Waals surface area contributed by atoms with Gasteiger partial charge in [0.1, 0.15) is 0 Å². The van der Waals surface area contributed by atoms with Crippen LogP contribution in [0.5, 0.6) is 0 Å². The van der Waals surface area contributed by atoms with Crippen molar-refractivity contribution in [2.45, 2.75) is 19.3 Å². The zero-order chi connectivity index (χ0) is 8.72. The third-order valence-electron chi connectivity index (χ3n) is 2.06. The number of carboxylic acid groups (broad SMARTS) is 1. The predicted octanol–water partition coefficient (Wildman–Crippen LogP) is 0.891. The zero-order valence-electron chi connectivity index (χ0n) is 6.52. The van der Waals surface area contributed by atoms with E-state index in [1.165, 1.54) is 0 Å². The van der Waals surface area contributed by atoms with Crippen LogP contribution in [0, 0.1) is 5.92 Å². The molecule has 5 nitrogen and oxygen atoms in total. The number of aromatic nitrogens is 2. The Morgan fingerprint density at radius 3 is 2.83 bits per heavy atom. The first-order valence-corrected chi connectivity index (χ1v) is 3.75. The molecule has 1 aromatic rings. The van der Waals surface area contributed by atoms with E-state index in [0.29, 0.717) is 11.8 Å². The number of rotatable bonds is 2. The summed E-state index contributed by atoms with van der Waals surface area (Å²) in [6.45, 7) is 2.06. The number of carboxylic acids is 1. The van der Waals surface area contributed by atoms with Gasteiger partial charge in [-0.05, 0) is 17.5 Å². The van der Waals surface area contributed by atoms with Crippen LogP contribution in [0.2, 0.25) is 0 Å². The van der Waals surface area contributed by atoms with Crippen LogP contribution in [0.25, 0.3) is 0 Å². The molecule has 64 valence electrons. The minimum Gasteiger partial charge on any atom is -0.475 e. The van der Waals surface area contributed by atoms with Crippen molar-refractivity contribution in [3.63, 3.8) is 0 Å². The molecule has 0 aromatic carbocycles. The Hall–Kier alpha value is -1.39. The summed E-state index contributed by atoms with van der Waals surface area (Å²) in [5.74, 6) is -0.0972. The second-order valence-electron chi connectivity index (χ2n) is 3.08. The van der Waals surface area contributed by atoms with Gasteiger partial charge >= 0.3 is 5.97 Å². The summed E-state index contributed by atoms with van der Waals surface area (Å²) in [5, 5.41) is 11.8. The normalized spacial score (nSPS) is 27.1. The van der Waals surface area contributed by atoms with E-state index in [0.717, 1.165) is 6.42 Å². The second-order valence-corrected chi connectivity index (χ2v) is 3.08. The number of hydrogen-bond acceptors (Lipinski definition) is 4. The standard InChI is InChI=1S/C7H8N2O3/c1-3-2-4(3)6-8-5(7(10)11)9-12-6/h3-4H,2H2,1H3,(H,10,11)/t3-,4+/m1/s1. The van der Waals surface area contributed by atoms with Gasteiger partial charge in [0.05, 0.1) is 0 Å². The number of hydrogen-bond donors (Lipinski definition) is 1. The molecule has 1 aliphatic rings. The van der Waals surface area contributed by atoms with Crippen molar-refractivity contribution in [2.24, 2.45) is 5.92 Å². The van der Waals surface area contributed by atoms with E-state index < -0.39 is 5.97 Å². The van der Waals surface area contributed by atoms with Crippen molar-refractivity contribution < 1.29 is 14.4 Å². The molecule has 1 N–H and O–H groups in total. The maximum atomic E-state index is 10.4. The molecule has 0 aliphatic heterocycles. The van der Waals surface area contributed by atoms with Crippen LogP contribution in [0.1, 0.15) is 35.8 Å². The molecule has 1 fully saturated rings. The van der Waals surface area contributed by atoms with E-state index >= 15 is 0 Å². The molecule has 0 amide bonds. The Morgan fingerprint density at radius 2 is 2.42 bits per heavy atom. The summed E-state index contributed by atoms with van der Waals surface area (Å²) in [6.07, 6.45) is 1.02. The van der Waals surface area contributed by atoms with Crippen molar-refractivity contribution in [3.05, 3.63) is 11.7 Å². The van der Waals surface area contributed by atoms with E-state index in [1.54, 1.807) is 0 Å². The molecule has 0 saturated heterocycles. The van der Waals surface area contributed by atoms with E-state index in [4.69, 9.17) is 9.63 Å². The van der Waals surface area contributed by atoms with Crippen molar-refractivity contribution >= 4 is 5.97 Å². The molecule has 1 saturated carbocycles. The van der Waals surface area contributed by atoms with Gasteiger partial charge in [-0.2, -0.15) is 4.98 Å². The molecule has 1 aliphatic carbocycles. The highest BCUT2D eigenvalue weighted by Gasteiger charge is 2.39. The largest absolute Gasteiger partial charge is 0.475 e. The van der Waals surface area contributed by atoms with Crippen molar-refractivity contribution in [2.75, 3.05) is 0 Å². The smallest absolute Gasteiger partial charge is 0.377 e. The van der Waals surface area contributed by atoms with E-state index in [2.05, 4.69) is 17.1 Å². The van der Waals surface area contributed by atoms with Gasteiger partial charge in [0, 0.05) is 5.92 Å². The molecule has 12 heavy (non-hydrogen) atoms. The van der Waals surface area contributed by atoms with Crippen molar-refractivity contribution in [1.82, 2.24) is 10.1 Å². The highest BCUT2D eigenvalue weighted by atomic mass is 16.5. The zero-order valence-corrected chi connectivity index (χ0v) is 6.52. The highest BCUT2D eigenvalue weighted by Crippen LogP contribution is 2.45. The number of nitrogens with zero attached hydrogens (tertiary/aromatic N) is 2. The Bertz CT molecular complexity index is 320. The van der Waals surface area contributed by atoms with Crippen LogP contribution in [0.3, 0.4) is 0 Å². The van der Waals surface area contributed by atoms with Gasteiger partial charge in [-0.25, -0.2) is 4.79 Å². The van der Waals surface area contributed by atoms with Gasteiger partial charge in [0.2, 0.25) is 5.89 Å². The fourth-order valence-corrected chi connectivity index (χ4v) is 1.14. The molecule has 0 radical (unpaired) electrons. The lowest BCUT2D eigenvalue weighted by atomic mass is 10.3. The van der Waals surface area contributed by atoms with E-state index in [9.17, 15) is 4.79 Å². The molecule has 0 unspecified atom stereocenters. The maximum absolute atomic E-state index is 10.4. The molecule has 2 atom stereocenters. The van der Waals surface area contributed by atoms with Gasteiger partial charge in [-0.1, -0.05) is 6.92 Å². The van der Waals surface area contributed by atoms with Gasteiger partial charge < -0.3 is 9.63 Å². The third-order valence-corrected chi connectivity index (χ3v) is 2.06. The Morgan fingerprint density at radius 1 is 1.75 bits per heavy atom. The van der Waals surface area contributed by atoms with Gasteiger partial charge in [0.25, 0.3) is 5.82 Å². The average Bonchev–Trinajstić information content (AvgIpc) is 2.59. The molecule has 1 heterocycles. The quantitative estimate of drug-likeness (QED) is 0.709. The fourth-order valence-electron chi connectivity index (χ4n) is 1.14. The van der Waals surface area contributed by atoms with Crippen molar-refractivity contribution in [3.8, 4) is 0 Å². The van der Waals surface area contributed by atoms with Gasteiger partial charge in [-0.15, -0.1) is 0 Å². The minimum atomic E-state index is -1.14. The second kappa shape index (κ2) is 2.30. The lowest BCUT2D eigenvalue weighted by Crippen LogP contribution is -1.98. The highest BCUT2D eigenvalue weighted by molar-refractivity contribution is 5.82. The minimum absolute atomic E-state index is 0.246.